The van der Waals surface area contributed by atoms with E-state index < -0.39 is 0 Å². The van der Waals surface area contributed by atoms with Crippen molar-refractivity contribution in [3.05, 3.63) is 30.2 Å². The lowest BCUT2D eigenvalue weighted by Crippen LogP contribution is -2.36. The van der Waals surface area contributed by atoms with Crippen LogP contribution in [0, 0.1) is 0 Å². The average molecular weight is 442 g/mol. The van der Waals surface area contributed by atoms with Crippen molar-refractivity contribution in [2.75, 3.05) is 59.1 Å². The van der Waals surface area contributed by atoms with Crippen molar-refractivity contribution in [1.82, 2.24) is 25.1 Å². The molecule has 0 saturated carbocycles. The first-order chi connectivity index (χ1) is 15.7. The highest BCUT2D eigenvalue weighted by Crippen LogP contribution is 2.38. The fourth-order valence-corrected chi connectivity index (χ4v) is 3.66. The van der Waals surface area contributed by atoms with Crippen molar-refractivity contribution in [2.24, 2.45) is 0 Å². The third-order valence-corrected chi connectivity index (χ3v) is 5.26. The molecular formula is C21H26N6O5. The second-order valence-electron chi connectivity index (χ2n) is 7.07. The van der Waals surface area contributed by atoms with Gasteiger partial charge in [-0.2, -0.15) is 5.10 Å². The molecule has 0 radical (unpaired) electrons. The predicted octanol–water partition coefficient (Wildman–Crippen LogP) is 1.12. The van der Waals surface area contributed by atoms with E-state index in [1.54, 1.807) is 29.3 Å². The van der Waals surface area contributed by atoms with Crippen LogP contribution >= 0.6 is 0 Å². The summed E-state index contributed by atoms with van der Waals surface area (Å²) in [6.45, 7) is 3.73. The number of carbonyl (C=O) groups is 1. The first-order valence-corrected chi connectivity index (χ1v) is 10.2. The zero-order valence-electron chi connectivity index (χ0n) is 18.3. The monoisotopic (exact) mass is 442 g/mol. The zero-order chi connectivity index (χ0) is 22.5. The molecule has 3 heterocycles. The van der Waals surface area contributed by atoms with Gasteiger partial charge >= 0.3 is 0 Å². The maximum absolute atomic E-state index is 12.7. The lowest BCUT2D eigenvalue weighted by atomic mass is 10.1. The minimum atomic E-state index is -0.260. The summed E-state index contributed by atoms with van der Waals surface area (Å²) in [7, 11) is 4.53. The third kappa shape index (κ3) is 4.24. The van der Waals surface area contributed by atoms with Gasteiger partial charge in [0.1, 0.15) is 12.1 Å². The highest BCUT2D eigenvalue weighted by Gasteiger charge is 2.19. The van der Waals surface area contributed by atoms with Gasteiger partial charge < -0.3 is 29.2 Å². The van der Waals surface area contributed by atoms with E-state index in [2.05, 4.69) is 25.3 Å². The quantitative estimate of drug-likeness (QED) is 0.548. The maximum atomic E-state index is 12.7. The summed E-state index contributed by atoms with van der Waals surface area (Å²) in [5, 5.41) is 8.22. The first-order valence-electron chi connectivity index (χ1n) is 10.2. The molecule has 11 heteroatoms. The molecule has 4 rings (SSSR count). The van der Waals surface area contributed by atoms with Crippen molar-refractivity contribution < 1.29 is 23.7 Å². The number of hydrogen-bond donors (Lipinski definition) is 1. The van der Waals surface area contributed by atoms with Crippen LogP contribution in [0.15, 0.2) is 24.7 Å². The van der Waals surface area contributed by atoms with E-state index in [0.717, 1.165) is 29.9 Å². The minimum Gasteiger partial charge on any atom is -0.493 e. The highest BCUT2D eigenvalue weighted by atomic mass is 16.5. The number of hydrogen-bond acceptors (Lipinski definition) is 9. The number of methoxy groups -OCH3 is 3. The van der Waals surface area contributed by atoms with Gasteiger partial charge in [-0.15, -0.1) is 0 Å². The molecule has 11 nitrogen and oxygen atoms in total. The molecule has 0 spiro atoms. The van der Waals surface area contributed by atoms with Gasteiger partial charge in [-0.25, -0.2) is 14.6 Å². The Bertz CT molecular complexity index is 1070. The molecule has 3 aromatic rings. The molecule has 2 aromatic heterocycles. The molecule has 1 aliphatic rings. The molecule has 1 saturated heterocycles. The van der Waals surface area contributed by atoms with Gasteiger partial charge in [0.2, 0.25) is 5.75 Å². The lowest BCUT2D eigenvalue weighted by Gasteiger charge is -2.27. The standard InChI is InChI=1S/C21H26N6O5/c1-29-16-10-14(11-17(30-2)18(16)31-3)21(28)22-4-5-27-20-15(12-25-27)19(23-13-24-20)26-6-8-32-9-7-26/h10-13H,4-9H2,1-3H3,(H,22,28). The smallest absolute Gasteiger partial charge is 0.251 e. The van der Waals surface area contributed by atoms with E-state index in [1.807, 2.05) is 0 Å². The number of ether oxygens (including phenoxy) is 4. The number of amides is 1. The second kappa shape index (κ2) is 9.69. The van der Waals surface area contributed by atoms with Crippen LogP contribution in [-0.2, 0) is 11.3 Å². The van der Waals surface area contributed by atoms with Crippen molar-refractivity contribution >= 4 is 22.8 Å². The van der Waals surface area contributed by atoms with E-state index in [0.29, 0.717) is 49.1 Å². The number of fused-ring (bicyclic) bond motifs is 1. The van der Waals surface area contributed by atoms with Gasteiger partial charge in [-0.05, 0) is 12.1 Å². The lowest BCUT2D eigenvalue weighted by molar-refractivity contribution is 0.0951. The summed E-state index contributed by atoms with van der Waals surface area (Å²) < 4.78 is 23.1. The molecule has 32 heavy (non-hydrogen) atoms. The minimum absolute atomic E-state index is 0.260. The summed E-state index contributed by atoms with van der Waals surface area (Å²) in [5.74, 6) is 1.87. The molecule has 1 aliphatic heterocycles. The second-order valence-corrected chi connectivity index (χ2v) is 7.07. The predicted molar refractivity (Wildman–Crippen MR) is 117 cm³/mol. The number of nitrogens with one attached hydrogen (secondary N) is 1. The number of morpholine rings is 1. The Morgan fingerprint density at radius 3 is 2.47 bits per heavy atom. The Hall–Kier alpha value is -3.60. The van der Waals surface area contributed by atoms with Gasteiger partial charge in [-0.3, -0.25) is 4.79 Å². The van der Waals surface area contributed by atoms with Gasteiger partial charge in [0, 0.05) is 25.2 Å². The molecule has 1 aromatic carbocycles. The molecule has 1 amide bonds. The molecule has 170 valence electrons. The Kier molecular flexibility index (Phi) is 6.55. The van der Waals surface area contributed by atoms with Crippen LogP contribution in [0.5, 0.6) is 17.2 Å². The van der Waals surface area contributed by atoms with Gasteiger partial charge in [0.25, 0.3) is 5.91 Å². The van der Waals surface area contributed by atoms with E-state index >= 15 is 0 Å². The van der Waals surface area contributed by atoms with E-state index in [4.69, 9.17) is 18.9 Å². The third-order valence-electron chi connectivity index (χ3n) is 5.26. The van der Waals surface area contributed by atoms with Crippen LogP contribution in [0.2, 0.25) is 0 Å². The summed E-state index contributed by atoms with van der Waals surface area (Å²) in [6, 6.07) is 3.23. The molecular weight excluding hydrogens is 416 g/mol. The molecule has 0 aliphatic carbocycles. The number of aromatic nitrogens is 4. The van der Waals surface area contributed by atoms with Gasteiger partial charge in [-0.1, -0.05) is 0 Å². The Morgan fingerprint density at radius 1 is 1.09 bits per heavy atom. The largest absolute Gasteiger partial charge is 0.493 e. The summed E-state index contributed by atoms with van der Waals surface area (Å²) in [4.78, 5) is 23.7. The summed E-state index contributed by atoms with van der Waals surface area (Å²) in [5.41, 5.74) is 1.13. The van der Waals surface area contributed by atoms with E-state index in [9.17, 15) is 4.79 Å². The average Bonchev–Trinajstić information content (AvgIpc) is 3.26. The van der Waals surface area contributed by atoms with Crippen molar-refractivity contribution in [3.8, 4) is 17.2 Å². The fourth-order valence-electron chi connectivity index (χ4n) is 3.66. The van der Waals surface area contributed by atoms with Crippen LogP contribution in [0.4, 0.5) is 5.82 Å². The first kappa shape index (κ1) is 21.6. The van der Waals surface area contributed by atoms with Crippen LogP contribution < -0.4 is 24.4 Å². The fraction of sp³-hybridized carbons (Fsp3) is 0.429. The Morgan fingerprint density at radius 2 is 1.81 bits per heavy atom. The highest BCUT2D eigenvalue weighted by molar-refractivity contribution is 5.95. The van der Waals surface area contributed by atoms with Crippen LogP contribution in [0.25, 0.3) is 11.0 Å². The Balaban J connectivity index is 1.45. The van der Waals surface area contributed by atoms with E-state index in [1.165, 1.54) is 21.3 Å². The molecule has 0 unspecified atom stereocenters. The van der Waals surface area contributed by atoms with Crippen molar-refractivity contribution in [3.63, 3.8) is 0 Å². The van der Waals surface area contributed by atoms with Gasteiger partial charge in [0.05, 0.1) is 52.7 Å². The number of anilines is 1. The number of rotatable bonds is 8. The number of nitrogens with zero attached hydrogens (tertiary/aromatic N) is 5. The summed E-state index contributed by atoms with van der Waals surface area (Å²) in [6.07, 6.45) is 3.31. The number of carbonyl (C=O) groups excluding carboxylic acids is 1. The number of benzene rings is 1. The van der Waals surface area contributed by atoms with Crippen molar-refractivity contribution in [2.45, 2.75) is 6.54 Å². The van der Waals surface area contributed by atoms with Crippen LogP contribution in [0.3, 0.4) is 0 Å². The maximum Gasteiger partial charge on any atom is 0.251 e. The topological polar surface area (TPSA) is 113 Å². The normalized spacial score (nSPS) is 13.8. The zero-order valence-corrected chi connectivity index (χ0v) is 18.3. The van der Waals surface area contributed by atoms with Crippen molar-refractivity contribution in [1.29, 1.82) is 0 Å². The van der Waals surface area contributed by atoms with Crippen LogP contribution in [-0.4, -0.2) is 79.8 Å². The summed E-state index contributed by atoms with van der Waals surface area (Å²) >= 11 is 0. The molecule has 1 N–H and O–H groups in total. The molecule has 0 atom stereocenters. The van der Waals surface area contributed by atoms with Gasteiger partial charge in [0.15, 0.2) is 17.1 Å². The van der Waals surface area contributed by atoms with Crippen LogP contribution in [0.1, 0.15) is 10.4 Å². The molecule has 1 fully saturated rings. The molecule has 0 bridgehead atoms. The SMILES string of the molecule is COc1cc(C(=O)NCCn2ncc3c(N4CCOCC4)ncnc32)cc(OC)c1OC. The van der Waals surface area contributed by atoms with E-state index in [-0.39, 0.29) is 5.91 Å². The Labute approximate surface area is 185 Å².